The number of carbonyl (C=O) groups excluding carboxylic acids is 2. The maximum atomic E-state index is 12.1. The molecule has 3 atom stereocenters. The smallest absolute Gasteiger partial charge is 0.244 e. The molecular formula is C16H31N3O2. The van der Waals surface area contributed by atoms with Gasteiger partial charge in [0.15, 0.2) is 0 Å². The lowest BCUT2D eigenvalue weighted by molar-refractivity contribution is -0.135. The minimum absolute atomic E-state index is 0.00645. The average molecular weight is 297 g/mol. The Morgan fingerprint density at radius 2 is 1.95 bits per heavy atom. The van der Waals surface area contributed by atoms with Gasteiger partial charge in [-0.05, 0) is 46.0 Å². The number of nitrogens with one attached hydrogen (secondary N) is 1. The predicted octanol–water partition coefficient (Wildman–Crippen LogP) is 1.66. The third-order valence-electron chi connectivity index (χ3n) is 4.43. The molecule has 0 aromatic heterocycles. The molecule has 0 spiro atoms. The summed E-state index contributed by atoms with van der Waals surface area (Å²) in [5, 5.41) is 2.82. The van der Waals surface area contributed by atoms with Gasteiger partial charge in [0.1, 0.15) is 6.04 Å². The first-order valence-electron chi connectivity index (χ1n) is 8.31. The van der Waals surface area contributed by atoms with Crippen molar-refractivity contribution in [2.24, 2.45) is 11.7 Å². The fraction of sp³-hybridized carbons (Fsp3) is 0.875. The van der Waals surface area contributed by atoms with Gasteiger partial charge in [-0.1, -0.05) is 12.8 Å². The summed E-state index contributed by atoms with van der Waals surface area (Å²) in [6, 6.07) is -0.138. The van der Waals surface area contributed by atoms with E-state index in [0.29, 0.717) is 31.5 Å². The van der Waals surface area contributed by atoms with Crippen LogP contribution in [0.3, 0.4) is 0 Å². The van der Waals surface area contributed by atoms with Crippen LogP contribution >= 0.6 is 0 Å². The van der Waals surface area contributed by atoms with Gasteiger partial charge in [0, 0.05) is 25.6 Å². The van der Waals surface area contributed by atoms with Crippen LogP contribution in [0.25, 0.3) is 0 Å². The number of carbonyl (C=O) groups is 2. The molecule has 5 nitrogen and oxygen atoms in total. The number of nitrogens with zero attached hydrogens (tertiary/aromatic N) is 1. The van der Waals surface area contributed by atoms with Crippen LogP contribution in [0.5, 0.6) is 0 Å². The van der Waals surface area contributed by atoms with Crippen molar-refractivity contribution in [1.29, 1.82) is 0 Å². The average Bonchev–Trinajstić information content (AvgIpc) is 2.46. The van der Waals surface area contributed by atoms with Crippen LogP contribution in [0.1, 0.15) is 59.3 Å². The summed E-state index contributed by atoms with van der Waals surface area (Å²) in [5.74, 6) is 0.531. The first-order valence-corrected chi connectivity index (χ1v) is 8.31. The third-order valence-corrected chi connectivity index (χ3v) is 4.43. The monoisotopic (exact) mass is 297 g/mol. The summed E-state index contributed by atoms with van der Waals surface area (Å²) < 4.78 is 0. The highest BCUT2D eigenvalue weighted by Crippen LogP contribution is 2.26. The second kappa shape index (κ2) is 9.03. The summed E-state index contributed by atoms with van der Waals surface area (Å²) >= 11 is 0. The second-order valence-electron chi connectivity index (χ2n) is 6.13. The van der Waals surface area contributed by atoms with Gasteiger partial charge in [0.05, 0.1) is 0 Å². The standard InChI is InChI=1S/C16H31N3O2/c1-4-19(5-2)16(21)12(3)18-15(20)10-9-13-7-6-8-14(17)11-13/h12-14H,4-11,17H2,1-3H3,(H,18,20). The maximum Gasteiger partial charge on any atom is 0.244 e. The maximum absolute atomic E-state index is 12.1. The van der Waals surface area contributed by atoms with Crippen LogP contribution < -0.4 is 11.1 Å². The Bertz CT molecular complexity index is 342. The summed E-state index contributed by atoms with van der Waals surface area (Å²) in [6.07, 6.45) is 5.86. The van der Waals surface area contributed by atoms with Crippen molar-refractivity contribution in [3.63, 3.8) is 0 Å². The number of rotatable bonds is 7. The van der Waals surface area contributed by atoms with Gasteiger partial charge in [-0.2, -0.15) is 0 Å². The van der Waals surface area contributed by atoms with Gasteiger partial charge in [-0.25, -0.2) is 0 Å². The van der Waals surface area contributed by atoms with Crippen molar-refractivity contribution in [2.45, 2.75) is 71.4 Å². The van der Waals surface area contributed by atoms with Gasteiger partial charge < -0.3 is 16.0 Å². The summed E-state index contributed by atoms with van der Waals surface area (Å²) in [7, 11) is 0. The minimum Gasteiger partial charge on any atom is -0.345 e. The lowest BCUT2D eigenvalue weighted by atomic mass is 9.83. The van der Waals surface area contributed by atoms with Gasteiger partial charge in [-0.3, -0.25) is 9.59 Å². The molecule has 0 aromatic carbocycles. The zero-order valence-electron chi connectivity index (χ0n) is 13.7. The number of hydrogen-bond acceptors (Lipinski definition) is 3. The molecule has 3 N–H and O–H groups in total. The van der Waals surface area contributed by atoms with Crippen molar-refractivity contribution in [3.05, 3.63) is 0 Å². The van der Waals surface area contributed by atoms with E-state index in [4.69, 9.17) is 5.73 Å². The lowest BCUT2D eigenvalue weighted by Crippen LogP contribution is -2.46. The van der Waals surface area contributed by atoms with Gasteiger partial charge in [-0.15, -0.1) is 0 Å². The van der Waals surface area contributed by atoms with E-state index in [-0.39, 0.29) is 11.8 Å². The van der Waals surface area contributed by atoms with Gasteiger partial charge in [0.25, 0.3) is 0 Å². The highest BCUT2D eigenvalue weighted by molar-refractivity contribution is 5.87. The molecule has 0 heterocycles. The molecular weight excluding hydrogens is 266 g/mol. The molecule has 0 aromatic rings. The zero-order valence-corrected chi connectivity index (χ0v) is 13.7. The highest BCUT2D eigenvalue weighted by atomic mass is 16.2. The molecule has 1 saturated carbocycles. The van der Waals surface area contributed by atoms with Crippen LogP contribution in [0.2, 0.25) is 0 Å². The van der Waals surface area contributed by atoms with Crippen LogP contribution in [-0.4, -0.2) is 41.9 Å². The molecule has 3 unspecified atom stereocenters. The Morgan fingerprint density at radius 1 is 1.29 bits per heavy atom. The first kappa shape index (κ1) is 18.0. The molecule has 2 amide bonds. The predicted molar refractivity (Wildman–Crippen MR) is 84.7 cm³/mol. The summed E-state index contributed by atoms with van der Waals surface area (Å²) in [6.45, 7) is 7.00. The van der Waals surface area contributed by atoms with Crippen LogP contribution in [0, 0.1) is 5.92 Å². The van der Waals surface area contributed by atoms with Crippen molar-refractivity contribution >= 4 is 11.8 Å². The molecule has 0 radical (unpaired) electrons. The van der Waals surface area contributed by atoms with Crippen LogP contribution in [0.4, 0.5) is 0 Å². The normalized spacial score (nSPS) is 23.4. The molecule has 21 heavy (non-hydrogen) atoms. The van der Waals surface area contributed by atoms with E-state index in [1.807, 2.05) is 13.8 Å². The topological polar surface area (TPSA) is 75.4 Å². The molecule has 0 aliphatic heterocycles. The Balaban J connectivity index is 2.30. The Labute approximate surface area is 128 Å². The minimum atomic E-state index is -0.439. The Hall–Kier alpha value is -1.10. The lowest BCUT2D eigenvalue weighted by Gasteiger charge is -2.27. The number of amides is 2. The Kier molecular flexibility index (Phi) is 7.72. The van der Waals surface area contributed by atoms with Gasteiger partial charge in [0.2, 0.25) is 11.8 Å². The van der Waals surface area contributed by atoms with Crippen molar-refractivity contribution in [3.8, 4) is 0 Å². The van der Waals surface area contributed by atoms with Crippen molar-refractivity contribution in [1.82, 2.24) is 10.2 Å². The highest BCUT2D eigenvalue weighted by Gasteiger charge is 2.22. The number of nitrogens with two attached hydrogens (primary N) is 1. The largest absolute Gasteiger partial charge is 0.345 e. The van der Waals surface area contributed by atoms with Crippen molar-refractivity contribution < 1.29 is 9.59 Å². The fourth-order valence-electron chi connectivity index (χ4n) is 3.11. The van der Waals surface area contributed by atoms with E-state index >= 15 is 0 Å². The number of likely N-dealkylation sites (N-methyl/N-ethyl adjacent to an activating group) is 1. The SMILES string of the molecule is CCN(CC)C(=O)C(C)NC(=O)CCC1CCCC(N)C1. The second-order valence-corrected chi connectivity index (χ2v) is 6.13. The van der Waals surface area contributed by atoms with E-state index in [0.717, 1.165) is 19.3 Å². The Morgan fingerprint density at radius 3 is 2.52 bits per heavy atom. The van der Waals surface area contributed by atoms with E-state index in [1.54, 1.807) is 11.8 Å². The molecule has 122 valence electrons. The summed E-state index contributed by atoms with van der Waals surface area (Å²) in [4.78, 5) is 25.8. The van der Waals surface area contributed by atoms with Gasteiger partial charge >= 0.3 is 0 Å². The third kappa shape index (κ3) is 6.04. The first-order chi connectivity index (χ1) is 9.97. The molecule has 0 bridgehead atoms. The van der Waals surface area contributed by atoms with Crippen molar-refractivity contribution in [2.75, 3.05) is 13.1 Å². The van der Waals surface area contributed by atoms with E-state index in [9.17, 15) is 9.59 Å². The van der Waals surface area contributed by atoms with E-state index < -0.39 is 6.04 Å². The zero-order chi connectivity index (χ0) is 15.8. The number of hydrogen-bond donors (Lipinski definition) is 2. The van der Waals surface area contributed by atoms with E-state index in [1.165, 1.54) is 12.8 Å². The molecule has 1 fully saturated rings. The fourth-order valence-corrected chi connectivity index (χ4v) is 3.11. The quantitative estimate of drug-likeness (QED) is 0.750. The van der Waals surface area contributed by atoms with Crippen LogP contribution in [-0.2, 0) is 9.59 Å². The van der Waals surface area contributed by atoms with Crippen LogP contribution in [0.15, 0.2) is 0 Å². The molecule has 5 heteroatoms. The van der Waals surface area contributed by atoms with E-state index in [2.05, 4.69) is 5.32 Å². The molecule has 1 aliphatic carbocycles. The molecule has 1 rings (SSSR count). The molecule has 1 aliphatic rings. The molecule has 0 saturated heterocycles. The summed E-state index contributed by atoms with van der Waals surface area (Å²) in [5.41, 5.74) is 5.97.